The van der Waals surface area contributed by atoms with Crippen LogP contribution < -0.4 is 0 Å². The quantitative estimate of drug-likeness (QED) is 0.367. The van der Waals surface area contributed by atoms with E-state index in [-0.39, 0.29) is 0 Å². The summed E-state index contributed by atoms with van der Waals surface area (Å²) in [6.07, 6.45) is 12.0. The van der Waals surface area contributed by atoms with Crippen molar-refractivity contribution in [3.8, 4) is 0 Å². The van der Waals surface area contributed by atoms with E-state index in [0.29, 0.717) is 12.1 Å². The molecule has 2 aliphatic rings. The van der Waals surface area contributed by atoms with Crippen LogP contribution in [0, 0.1) is 35.5 Å². The lowest BCUT2D eigenvalue weighted by Gasteiger charge is -2.37. The van der Waals surface area contributed by atoms with E-state index in [0.717, 1.165) is 48.3 Å². The third-order valence-corrected chi connectivity index (χ3v) is 7.31. The average Bonchev–Trinajstić information content (AvgIpc) is 2.58. The molecule has 0 aliphatic heterocycles. The van der Waals surface area contributed by atoms with E-state index in [2.05, 4.69) is 55.4 Å². The monoisotopic (exact) mass is 402 g/mol. The van der Waals surface area contributed by atoms with Gasteiger partial charge in [0.1, 0.15) is 0 Å². The second-order valence-corrected chi connectivity index (χ2v) is 11.6. The molecule has 0 aromatic carbocycles. The number of nitrogens with zero attached hydrogens (tertiary/aromatic N) is 2. The first kappa shape index (κ1) is 24.6. The van der Waals surface area contributed by atoms with Crippen LogP contribution in [-0.4, -0.2) is 23.5 Å². The molecule has 0 saturated heterocycles. The summed E-state index contributed by atoms with van der Waals surface area (Å²) in [7, 11) is 0. The van der Waals surface area contributed by atoms with Gasteiger partial charge in [0.15, 0.2) is 0 Å². The molecule has 6 unspecified atom stereocenters. The standard InChI is InChI=1S/C27H50N2/c1-18(2)13-22(7)28-26-11-9-24(15-20(26)5)17-25-10-12-27(21(6)16-25)29-23(8)14-19(3)4/h18-21,24-27H,9-17H2,1-8H3. The van der Waals surface area contributed by atoms with Gasteiger partial charge in [-0.25, -0.2) is 0 Å². The van der Waals surface area contributed by atoms with Crippen molar-refractivity contribution >= 4 is 11.4 Å². The largest absolute Gasteiger partial charge is 0.291 e. The highest BCUT2D eigenvalue weighted by Gasteiger charge is 2.32. The van der Waals surface area contributed by atoms with Gasteiger partial charge in [0, 0.05) is 11.4 Å². The Morgan fingerprint density at radius 3 is 1.38 bits per heavy atom. The molecule has 2 heteroatoms. The lowest BCUT2D eigenvalue weighted by Crippen LogP contribution is -2.31. The number of hydrogen-bond donors (Lipinski definition) is 0. The third-order valence-electron chi connectivity index (χ3n) is 7.31. The maximum atomic E-state index is 5.11. The molecule has 0 bridgehead atoms. The minimum absolute atomic E-state index is 0.581. The highest BCUT2D eigenvalue weighted by Crippen LogP contribution is 2.40. The summed E-state index contributed by atoms with van der Waals surface area (Å²) in [5, 5.41) is 0. The van der Waals surface area contributed by atoms with Gasteiger partial charge in [-0.05, 0) is 107 Å². The van der Waals surface area contributed by atoms with Crippen molar-refractivity contribution in [3.05, 3.63) is 0 Å². The summed E-state index contributed by atoms with van der Waals surface area (Å²) in [5.41, 5.74) is 2.74. The molecule has 0 spiro atoms. The van der Waals surface area contributed by atoms with Crippen LogP contribution in [0.1, 0.15) is 113 Å². The smallest absolute Gasteiger partial charge is 0.0524 e. The van der Waals surface area contributed by atoms with Crippen molar-refractivity contribution in [2.24, 2.45) is 45.5 Å². The van der Waals surface area contributed by atoms with Gasteiger partial charge in [-0.2, -0.15) is 0 Å². The Labute approximate surface area is 182 Å². The normalized spacial score (nSPS) is 34.8. The second-order valence-electron chi connectivity index (χ2n) is 11.6. The van der Waals surface area contributed by atoms with Crippen LogP contribution in [0.15, 0.2) is 9.98 Å². The van der Waals surface area contributed by atoms with Crippen molar-refractivity contribution in [2.45, 2.75) is 125 Å². The lowest BCUT2D eigenvalue weighted by molar-refractivity contribution is 0.169. The summed E-state index contributed by atoms with van der Waals surface area (Å²) in [4.78, 5) is 10.2. The van der Waals surface area contributed by atoms with Gasteiger partial charge in [0.25, 0.3) is 0 Å². The van der Waals surface area contributed by atoms with E-state index in [4.69, 9.17) is 9.98 Å². The molecule has 2 saturated carbocycles. The third kappa shape index (κ3) is 8.54. The number of hydrogen-bond acceptors (Lipinski definition) is 2. The van der Waals surface area contributed by atoms with Crippen LogP contribution in [0.2, 0.25) is 0 Å². The SMILES string of the molecule is CC(CC(C)C)=NC1CCC(CC2CCC(N=C(C)CC(C)C)C(C)C2)CC1C. The Hall–Kier alpha value is -0.660. The molecule has 0 aromatic rings. The highest BCUT2D eigenvalue weighted by atomic mass is 14.8. The molecule has 2 nitrogen and oxygen atoms in total. The molecule has 2 aliphatic carbocycles. The van der Waals surface area contributed by atoms with Crippen LogP contribution in [0.3, 0.4) is 0 Å². The van der Waals surface area contributed by atoms with Gasteiger partial charge in [0.05, 0.1) is 12.1 Å². The van der Waals surface area contributed by atoms with Crippen LogP contribution >= 0.6 is 0 Å². The molecule has 29 heavy (non-hydrogen) atoms. The number of aliphatic imine (C=N–C) groups is 2. The van der Waals surface area contributed by atoms with Crippen molar-refractivity contribution < 1.29 is 0 Å². The zero-order chi connectivity index (χ0) is 21.6. The molecular weight excluding hydrogens is 352 g/mol. The Morgan fingerprint density at radius 2 is 1.07 bits per heavy atom. The molecule has 168 valence electrons. The van der Waals surface area contributed by atoms with E-state index >= 15 is 0 Å². The van der Waals surface area contributed by atoms with Gasteiger partial charge in [-0.15, -0.1) is 0 Å². The van der Waals surface area contributed by atoms with Crippen LogP contribution in [0.4, 0.5) is 0 Å². The molecule has 2 rings (SSSR count). The second kappa shape index (κ2) is 11.7. The Morgan fingerprint density at radius 1 is 0.690 bits per heavy atom. The molecule has 2 fully saturated rings. The average molecular weight is 403 g/mol. The minimum atomic E-state index is 0.581. The van der Waals surface area contributed by atoms with Crippen molar-refractivity contribution in [2.75, 3.05) is 0 Å². The molecular formula is C27H50N2. The lowest BCUT2D eigenvalue weighted by atomic mass is 9.70. The van der Waals surface area contributed by atoms with Crippen molar-refractivity contribution in [1.82, 2.24) is 0 Å². The molecule has 0 aromatic heterocycles. The van der Waals surface area contributed by atoms with E-state index < -0.39 is 0 Å². The van der Waals surface area contributed by atoms with Crippen molar-refractivity contribution in [3.63, 3.8) is 0 Å². The van der Waals surface area contributed by atoms with Crippen LogP contribution in [0.5, 0.6) is 0 Å². The zero-order valence-corrected chi connectivity index (χ0v) is 20.9. The summed E-state index contributed by atoms with van der Waals surface area (Å²) >= 11 is 0. The predicted molar refractivity (Wildman–Crippen MR) is 130 cm³/mol. The van der Waals surface area contributed by atoms with E-state index in [1.54, 1.807) is 0 Å². The highest BCUT2D eigenvalue weighted by molar-refractivity contribution is 5.82. The topological polar surface area (TPSA) is 24.7 Å². The maximum Gasteiger partial charge on any atom is 0.0524 e. The summed E-state index contributed by atoms with van der Waals surface area (Å²) in [5.74, 6) is 4.83. The first-order valence-electron chi connectivity index (χ1n) is 12.7. The zero-order valence-electron chi connectivity index (χ0n) is 20.9. The van der Waals surface area contributed by atoms with Crippen LogP contribution in [0.25, 0.3) is 0 Å². The van der Waals surface area contributed by atoms with Gasteiger partial charge >= 0.3 is 0 Å². The van der Waals surface area contributed by atoms with E-state index in [9.17, 15) is 0 Å². The first-order valence-corrected chi connectivity index (χ1v) is 12.7. The fraction of sp³-hybridized carbons (Fsp3) is 0.926. The number of rotatable bonds is 8. The van der Waals surface area contributed by atoms with Gasteiger partial charge < -0.3 is 0 Å². The fourth-order valence-electron chi connectivity index (χ4n) is 6.12. The van der Waals surface area contributed by atoms with Crippen LogP contribution in [-0.2, 0) is 0 Å². The summed E-state index contributed by atoms with van der Waals surface area (Å²) in [6, 6.07) is 1.16. The van der Waals surface area contributed by atoms with Gasteiger partial charge in [-0.3, -0.25) is 9.98 Å². The maximum absolute atomic E-state index is 5.11. The van der Waals surface area contributed by atoms with Crippen molar-refractivity contribution in [1.29, 1.82) is 0 Å². The molecule has 0 radical (unpaired) electrons. The molecule has 0 heterocycles. The molecule has 6 atom stereocenters. The summed E-state index contributed by atoms with van der Waals surface area (Å²) < 4.78 is 0. The molecule has 0 N–H and O–H groups in total. The first-order chi connectivity index (χ1) is 13.6. The van der Waals surface area contributed by atoms with Gasteiger partial charge in [0.2, 0.25) is 0 Å². The Balaban J connectivity index is 1.80. The fourth-order valence-corrected chi connectivity index (χ4v) is 6.12. The Bertz CT molecular complexity index is 497. The van der Waals surface area contributed by atoms with Gasteiger partial charge in [-0.1, -0.05) is 41.5 Å². The van der Waals surface area contributed by atoms with E-state index in [1.165, 1.54) is 56.4 Å². The Kier molecular flexibility index (Phi) is 9.89. The van der Waals surface area contributed by atoms with E-state index in [1.807, 2.05) is 0 Å². The summed E-state index contributed by atoms with van der Waals surface area (Å²) in [6.45, 7) is 18.6. The predicted octanol–water partition coefficient (Wildman–Crippen LogP) is 8.00. The molecule has 0 amide bonds. The minimum Gasteiger partial charge on any atom is -0.291 e.